The summed E-state index contributed by atoms with van der Waals surface area (Å²) in [5, 5.41) is 16.1. The first-order valence-corrected chi connectivity index (χ1v) is 10.2. The molecule has 156 valence electrons. The molecule has 1 aromatic heterocycles. The number of carbonyl (C=O) groups is 3. The van der Waals surface area contributed by atoms with Crippen LogP contribution in [0.15, 0.2) is 18.2 Å². The number of aromatic nitrogens is 3. The average molecular weight is 409 g/mol. The monoisotopic (exact) mass is 409 g/mol. The molecule has 5 rings (SSSR count). The van der Waals surface area contributed by atoms with Crippen molar-refractivity contribution in [3.63, 3.8) is 0 Å². The van der Waals surface area contributed by atoms with Crippen LogP contribution in [-0.2, 0) is 22.7 Å². The number of fused-ring (bicyclic) bond motifs is 1. The highest BCUT2D eigenvalue weighted by atomic mass is 16.2. The fourth-order valence-corrected chi connectivity index (χ4v) is 4.32. The Hall–Kier alpha value is -3.27. The number of aromatic amines is 1. The van der Waals surface area contributed by atoms with Gasteiger partial charge in [-0.15, -0.1) is 5.10 Å². The minimum absolute atomic E-state index is 0.172. The van der Waals surface area contributed by atoms with Crippen LogP contribution in [0, 0.1) is 0 Å². The van der Waals surface area contributed by atoms with Crippen LogP contribution in [0.3, 0.4) is 0 Å². The molecule has 30 heavy (non-hydrogen) atoms. The lowest BCUT2D eigenvalue weighted by Crippen LogP contribution is -2.52. The fourth-order valence-electron chi connectivity index (χ4n) is 4.32. The normalized spacial score (nSPS) is 23.6. The lowest BCUT2D eigenvalue weighted by atomic mass is 10.0. The molecule has 0 aliphatic carbocycles. The zero-order valence-corrected chi connectivity index (χ0v) is 16.4. The summed E-state index contributed by atoms with van der Waals surface area (Å²) in [6.45, 7) is 1.86. The molecule has 4 heterocycles. The molecule has 2 unspecified atom stereocenters. The molecule has 4 N–H and O–H groups in total. The van der Waals surface area contributed by atoms with Gasteiger partial charge in [-0.1, -0.05) is 12.1 Å². The zero-order valence-electron chi connectivity index (χ0n) is 16.4. The van der Waals surface area contributed by atoms with Crippen molar-refractivity contribution in [1.82, 2.24) is 30.7 Å². The van der Waals surface area contributed by atoms with E-state index in [9.17, 15) is 14.4 Å². The Morgan fingerprint density at radius 1 is 1.20 bits per heavy atom. The maximum atomic E-state index is 12.9. The largest absolute Gasteiger partial charge is 0.349 e. The Morgan fingerprint density at radius 3 is 2.90 bits per heavy atom. The fraction of sp³-hybridized carbons (Fsp3) is 0.450. The van der Waals surface area contributed by atoms with Crippen molar-refractivity contribution in [3.05, 3.63) is 40.7 Å². The number of hydrogen-bond acceptors (Lipinski definition) is 7. The van der Waals surface area contributed by atoms with Crippen LogP contribution >= 0.6 is 0 Å². The van der Waals surface area contributed by atoms with E-state index >= 15 is 0 Å². The Kier molecular flexibility index (Phi) is 4.70. The standard InChI is InChI=1S/C20H23N7O3/c28-16-6-5-15(18(29)23-16)27-10-12-4-3-11(8-13(12)19(27)30)9-22-20-24-17(25-26-20)14-2-1-7-21-14/h3-4,8,14-15,21H,1-2,5-7,9-10H2,(H,23,28,29)(H2,22,24,25,26). The molecule has 3 aliphatic rings. The van der Waals surface area contributed by atoms with Crippen LogP contribution in [0.1, 0.15) is 59.0 Å². The molecule has 0 spiro atoms. The van der Waals surface area contributed by atoms with Crippen molar-refractivity contribution < 1.29 is 14.4 Å². The summed E-state index contributed by atoms with van der Waals surface area (Å²) in [7, 11) is 0. The second kappa shape index (κ2) is 7.52. The van der Waals surface area contributed by atoms with Crippen molar-refractivity contribution in [2.24, 2.45) is 0 Å². The highest BCUT2D eigenvalue weighted by Crippen LogP contribution is 2.28. The number of imide groups is 1. The predicted molar refractivity (Wildman–Crippen MR) is 106 cm³/mol. The minimum atomic E-state index is -0.597. The van der Waals surface area contributed by atoms with Gasteiger partial charge in [0.2, 0.25) is 17.8 Å². The molecule has 2 fully saturated rings. The van der Waals surface area contributed by atoms with Gasteiger partial charge in [0.25, 0.3) is 5.91 Å². The quantitative estimate of drug-likeness (QED) is 0.532. The first-order chi connectivity index (χ1) is 14.6. The van der Waals surface area contributed by atoms with Gasteiger partial charge in [0.1, 0.15) is 11.9 Å². The molecule has 2 saturated heterocycles. The van der Waals surface area contributed by atoms with Crippen LogP contribution in [0.25, 0.3) is 0 Å². The highest BCUT2D eigenvalue weighted by molar-refractivity contribution is 6.05. The second-order valence-electron chi connectivity index (χ2n) is 7.94. The lowest BCUT2D eigenvalue weighted by molar-refractivity contribution is -0.136. The smallest absolute Gasteiger partial charge is 0.255 e. The second-order valence-corrected chi connectivity index (χ2v) is 7.94. The van der Waals surface area contributed by atoms with Gasteiger partial charge >= 0.3 is 0 Å². The van der Waals surface area contributed by atoms with Crippen molar-refractivity contribution in [3.8, 4) is 0 Å². The summed E-state index contributed by atoms with van der Waals surface area (Å²) in [5.41, 5.74) is 2.42. The van der Waals surface area contributed by atoms with E-state index in [1.165, 1.54) is 0 Å². The SMILES string of the molecule is O=C1CCC(N2Cc3ccc(CNc4n[nH]c(C5CCCN5)n4)cc3C2=O)C(=O)N1. The number of piperidine rings is 1. The molecule has 3 aliphatic heterocycles. The average Bonchev–Trinajstić information content (AvgIpc) is 3.47. The predicted octanol–water partition coefficient (Wildman–Crippen LogP) is 0.602. The van der Waals surface area contributed by atoms with Gasteiger partial charge < -0.3 is 15.5 Å². The number of nitrogens with one attached hydrogen (secondary N) is 4. The summed E-state index contributed by atoms with van der Waals surface area (Å²) < 4.78 is 0. The first kappa shape index (κ1) is 18.7. The summed E-state index contributed by atoms with van der Waals surface area (Å²) in [6.07, 6.45) is 2.79. The van der Waals surface area contributed by atoms with Crippen LogP contribution in [0.2, 0.25) is 0 Å². The summed E-state index contributed by atoms with van der Waals surface area (Å²) in [6, 6.07) is 5.35. The van der Waals surface area contributed by atoms with Crippen LogP contribution < -0.4 is 16.0 Å². The summed E-state index contributed by atoms with van der Waals surface area (Å²) >= 11 is 0. The van der Waals surface area contributed by atoms with Crippen molar-refractivity contribution in [2.75, 3.05) is 11.9 Å². The maximum absolute atomic E-state index is 12.9. The van der Waals surface area contributed by atoms with Gasteiger partial charge in [0, 0.05) is 25.1 Å². The molecule has 3 amide bonds. The van der Waals surface area contributed by atoms with Gasteiger partial charge in [0.15, 0.2) is 0 Å². The topological polar surface area (TPSA) is 132 Å². The van der Waals surface area contributed by atoms with Crippen molar-refractivity contribution >= 4 is 23.7 Å². The molecule has 0 radical (unpaired) electrons. The van der Waals surface area contributed by atoms with E-state index in [-0.39, 0.29) is 24.3 Å². The number of anilines is 1. The third-order valence-corrected chi connectivity index (χ3v) is 5.94. The van der Waals surface area contributed by atoms with Gasteiger partial charge in [-0.25, -0.2) is 0 Å². The number of hydrogen-bond donors (Lipinski definition) is 4. The van der Waals surface area contributed by atoms with E-state index in [1.807, 2.05) is 18.2 Å². The zero-order chi connectivity index (χ0) is 20.7. The number of carbonyl (C=O) groups excluding carboxylic acids is 3. The first-order valence-electron chi connectivity index (χ1n) is 10.2. The molecule has 0 bridgehead atoms. The molecular formula is C20H23N7O3. The van der Waals surface area contributed by atoms with Gasteiger partial charge in [-0.2, -0.15) is 4.98 Å². The third kappa shape index (κ3) is 3.43. The Balaban J connectivity index is 1.25. The van der Waals surface area contributed by atoms with E-state index in [0.29, 0.717) is 31.0 Å². The van der Waals surface area contributed by atoms with E-state index in [2.05, 4.69) is 31.1 Å². The minimum Gasteiger partial charge on any atom is -0.349 e. The number of amides is 3. The number of benzene rings is 1. The third-order valence-electron chi connectivity index (χ3n) is 5.94. The van der Waals surface area contributed by atoms with Gasteiger partial charge in [-0.3, -0.25) is 24.8 Å². The lowest BCUT2D eigenvalue weighted by Gasteiger charge is -2.29. The van der Waals surface area contributed by atoms with E-state index in [0.717, 1.165) is 36.3 Å². The summed E-state index contributed by atoms with van der Waals surface area (Å²) in [5.74, 6) is 0.502. The van der Waals surface area contributed by atoms with E-state index < -0.39 is 11.9 Å². The Morgan fingerprint density at radius 2 is 2.10 bits per heavy atom. The molecule has 10 heteroatoms. The Bertz CT molecular complexity index is 1010. The van der Waals surface area contributed by atoms with E-state index in [4.69, 9.17) is 0 Å². The van der Waals surface area contributed by atoms with Gasteiger partial charge in [0.05, 0.1) is 6.04 Å². The number of nitrogens with zero attached hydrogens (tertiary/aromatic N) is 3. The number of rotatable bonds is 5. The molecular weight excluding hydrogens is 386 g/mol. The van der Waals surface area contributed by atoms with Crippen LogP contribution in [0.5, 0.6) is 0 Å². The van der Waals surface area contributed by atoms with Crippen LogP contribution in [-0.4, -0.2) is 50.4 Å². The molecule has 2 atom stereocenters. The highest BCUT2D eigenvalue weighted by Gasteiger charge is 2.39. The maximum Gasteiger partial charge on any atom is 0.255 e. The Labute approximate surface area is 172 Å². The van der Waals surface area contributed by atoms with Crippen molar-refractivity contribution in [2.45, 2.75) is 50.9 Å². The molecule has 10 nitrogen and oxygen atoms in total. The summed E-state index contributed by atoms with van der Waals surface area (Å²) in [4.78, 5) is 42.5. The van der Waals surface area contributed by atoms with Crippen LogP contribution in [0.4, 0.5) is 5.95 Å². The van der Waals surface area contributed by atoms with Gasteiger partial charge in [-0.05, 0) is 43.0 Å². The molecule has 1 aromatic carbocycles. The molecule has 0 saturated carbocycles. The number of H-pyrrole nitrogens is 1. The molecule has 2 aromatic rings. The van der Waals surface area contributed by atoms with Crippen molar-refractivity contribution in [1.29, 1.82) is 0 Å². The van der Waals surface area contributed by atoms with E-state index in [1.54, 1.807) is 4.90 Å².